The Bertz CT molecular complexity index is 2040. The number of nitrogens with one attached hydrogen (secondary N) is 1. The molecule has 1 N–H and O–H groups in total. The van der Waals surface area contributed by atoms with Crippen LogP contribution in [0.15, 0.2) is 67.0 Å². The van der Waals surface area contributed by atoms with Crippen molar-refractivity contribution in [2.75, 3.05) is 13.1 Å². The molecule has 0 saturated carbocycles. The van der Waals surface area contributed by atoms with Crippen molar-refractivity contribution in [2.45, 2.75) is 46.7 Å². The lowest BCUT2D eigenvalue weighted by Crippen LogP contribution is -2.37. The van der Waals surface area contributed by atoms with Gasteiger partial charge in [-0.2, -0.15) is 0 Å². The lowest BCUT2D eigenvalue weighted by Gasteiger charge is -2.28. The second-order valence-electron chi connectivity index (χ2n) is 11.1. The number of amides is 2. The number of Topliss-reactive ketones (excluding diaryl/α,β-unsaturated/α-hetero) is 1. The average Bonchev–Trinajstić information content (AvgIpc) is 3.45. The second-order valence-corrected chi connectivity index (χ2v) is 11.1. The van der Waals surface area contributed by atoms with Crippen molar-refractivity contribution in [3.63, 3.8) is 0 Å². The molecular weight excluding hydrogens is 578 g/mol. The topological polar surface area (TPSA) is 123 Å². The van der Waals surface area contributed by atoms with Crippen LogP contribution in [0.3, 0.4) is 0 Å². The normalized spacial score (nSPS) is 12.3. The maximum atomic E-state index is 12.7. The summed E-state index contributed by atoms with van der Waals surface area (Å²) in [4.78, 5) is 56.5. The van der Waals surface area contributed by atoms with E-state index < -0.39 is 0 Å². The van der Waals surface area contributed by atoms with Crippen LogP contribution in [0.2, 0.25) is 0 Å². The smallest absolute Gasteiger partial charge is 0.269 e. The molecule has 0 atom stereocenters. The summed E-state index contributed by atoms with van der Waals surface area (Å²) in [7, 11) is 0. The molecular formula is C36H33N7O3. The molecule has 0 fully saturated rings. The third kappa shape index (κ3) is 6.26. The minimum atomic E-state index is -0.292. The number of benzene rings is 1. The summed E-state index contributed by atoms with van der Waals surface area (Å²) >= 11 is 0. The van der Waals surface area contributed by atoms with Gasteiger partial charge in [0.1, 0.15) is 22.9 Å². The Morgan fingerprint density at radius 1 is 0.935 bits per heavy atom. The Kier molecular flexibility index (Phi) is 8.65. The first-order valence-corrected chi connectivity index (χ1v) is 15.3. The molecule has 2 amide bonds. The van der Waals surface area contributed by atoms with Gasteiger partial charge in [-0.1, -0.05) is 37.1 Å². The summed E-state index contributed by atoms with van der Waals surface area (Å²) in [5.41, 5.74) is 5.65. The van der Waals surface area contributed by atoms with Gasteiger partial charge in [0.05, 0.1) is 23.6 Å². The number of rotatable bonds is 7. The largest absolute Gasteiger partial charge is 0.350 e. The third-order valence-corrected chi connectivity index (χ3v) is 8.02. The number of ketones is 1. The molecule has 4 aromatic heterocycles. The molecule has 1 aliphatic rings. The molecule has 0 saturated heterocycles. The number of fused-ring (bicyclic) bond motifs is 2. The van der Waals surface area contributed by atoms with Crippen molar-refractivity contribution in [1.82, 2.24) is 34.7 Å². The summed E-state index contributed by atoms with van der Waals surface area (Å²) in [6.45, 7) is 7.48. The Hall–Kier alpha value is -5.69. The van der Waals surface area contributed by atoms with Crippen molar-refractivity contribution in [1.29, 1.82) is 0 Å². The fraction of sp³-hybridized carbons (Fsp3) is 0.250. The van der Waals surface area contributed by atoms with Gasteiger partial charge in [0, 0.05) is 75.2 Å². The molecule has 5 heterocycles. The van der Waals surface area contributed by atoms with Crippen LogP contribution >= 0.6 is 0 Å². The minimum absolute atomic E-state index is 0.0644. The Balaban J connectivity index is 1.15. The van der Waals surface area contributed by atoms with Gasteiger partial charge < -0.3 is 14.8 Å². The number of pyridine rings is 3. The Morgan fingerprint density at radius 3 is 2.54 bits per heavy atom. The van der Waals surface area contributed by atoms with Crippen LogP contribution in [-0.4, -0.2) is 60.1 Å². The van der Waals surface area contributed by atoms with E-state index in [1.807, 2.05) is 35.4 Å². The van der Waals surface area contributed by atoms with Gasteiger partial charge in [-0.3, -0.25) is 24.4 Å². The van der Waals surface area contributed by atoms with Crippen molar-refractivity contribution >= 4 is 28.4 Å². The highest BCUT2D eigenvalue weighted by Crippen LogP contribution is 2.34. The van der Waals surface area contributed by atoms with Gasteiger partial charge in [-0.05, 0) is 41.6 Å². The Labute approximate surface area is 266 Å². The number of imidazole rings is 1. The quantitative estimate of drug-likeness (QED) is 0.159. The molecule has 10 nitrogen and oxygen atoms in total. The first-order valence-electron chi connectivity index (χ1n) is 15.3. The Morgan fingerprint density at radius 2 is 1.78 bits per heavy atom. The van der Waals surface area contributed by atoms with E-state index in [-0.39, 0.29) is 17.6 Å². The highest BCUT2D eigenvalue weighted by molar-refractivity contribution is 5.97. The first kappa shape index (κ1) is 30.3. The lowest BCUT2D eigenvalue weighted by atomic mass is 10.0. The maximum absolute atomic E-state index is 12.7. The first-order chi connectivity index (χ1) is 22.3. The zero-order valence-corrected chi connectivity index (χ0v) is 26.0. The molecule has 1 aliphatic heterocycles. The van der Waals surface area contributed by atoms with Crippen LogP contribution in [0.4, 0.5) is 0 Å². The second kappa shape index (κ2) is 13.1. The average molecular weight is 612 g/mol. The monoisotopic (exact) mass is 611 g/mol. The van der Waals surface area contributed by atoms with Gasteiger partial charge in [-0.25, -0.2) is 9.97 Å². The predicted octanol–water partition coefficient (Wildman–Crippen LogP) is 4.85. The summed E-state index contributed by atoms with van der Waals surface area (Å²) in [6, 6.07) is 16.8. The molecule has 1 aromatic carbocycles. The van der Waals surface area contributed by atoms with E-state index in [0.717, 1.165) is 57.8 Å². The number of carbonyl (C=O) groups excluding carboxylic acids is 3. The van der Waals surface area contributed by atoms with Crippen LogP contribution in [-0.2, 0) is 24.3 Å². The standard InChI is InChI=1S/C36H33N7O3/c1-4-34-41-35(33-22-42(24(3)45)17-18-43(33)34)28-12-7-9-25-19-32(39-21-29(25)28)26-14-15-31(38-20-26)36(46)37-16-6-5-10-27-11-8-13-30(40-27)23(2)44/h7-9,11-15,19-21H,4,6,16-18,22H2,1-3H3,(H,37,46). The highest BCUT2D eigenvalue weighted by atomic mass is 16.2. The maximum Gasteiger partial charge on any atom is 0.269 e. The minimum Gasteiger partial charge on any atom is -0.350 e. The molecule has 0 bridgehead atoms. The SMILES string of the molecule is CCc1nc(-c2cccc3cc(-c4ccc(C(=O)NCCC#Cc5cccc(C(C)=O)n5)nc4)ncc23)c2n1CCN(C(C)=O)C2. The van der Waals surface area contributed by atoms with E-state index in [9.17, 15) is 14.4 Å². The zero-order valence-electron chi connectivity index (χ0n) is 26.0. The fourth-order valence-electron chi connectivity index (χ4n) is 5.60. The number of carbonyl (C=O) groups is 3. The van der Waals surface area contributed by atoms with Crippen molar-refractivity contribution in [2.24, 2.45) is 0 Å². The van der Waals surface area contributed by atoms with Crippen molar-refractivity contribution in [3.05, 3.63) is 95.6 Å². The van der Waals surface area contributed by atoms with Crippen LogP contribution in [0.25, 0.3) is 33.3 Å². The van der Waals surface area contributed by atoms with Gasteiger partial charge in [-0.15, -0.1) is 0 Å². The molecule has 230 valence electrons. The van der Waals surface area contributed by atoms with Gasteiger partial charge in [0.25, 0.3) is 5.91 Å². The van der Waals surface area contributed by atoms with Crippen LogP contribution in [0.1, 0.15) is 65.4 Å². The molecule has 0 radical (unpaired) electrons. The van der Waals surface area contributed by atoms with E-state index in [0.29, 0.717) is 43.1 Å². The number of hydrogen-bond donors (Lipinski definition) is 1. The molecule has 46 heavy (non-hydrogen) atoms. The summed E-state index contributed by atoms with van der Waals surface area (Å²) in [5, 5.41) is 4.82. The van der Waals surface area contributed by atoms with E-state index in [2.05, 4.69) is 44.7 Å². The zero-order chi connectivity index (χ0) is 32.2. The number of aromatic nitrogens is 5. The molecule has 10 heteroatoms. The van der Waals surface area contributed by atoms with Gasteiger partial charge in [0.2, 0.25) is 5.91 Å². The van der Waals surface area contributed by atoms with Crippen molar-refractivity contribution < 1.29 is 14.4 Å². The number of aryl methyl sites for hydroxylation is 1. The molecule has 5 aromatic rings. The van der Waals surface area contributed by atoms with Crippen molar-refractivity contribution in [3.8, 4) is 34.4 Å². The third-order valence-electron chi connectivity index (χ3n) is 8.02. The van der Waals surface area contributed by atoms with Crippen LogP contribution in [0.5, 0.6) is 0 Å². The van der Waals surface area contributed by atoms with Crippen LogP contribution < -0.4 is 5.32 Å². The van der Waals surface area contributed by atoms with Gasteiger partial charge in [0.15, 0.2) is 5.78 Å². The number of hydrogen-bond acceptors (Lipinski definition) is 7. The fourth-order valence-corrected chi connectivity index (χ4v) is 5.60. The highest BCUT2D eigenvalue weighted by Gasteiger charge is 2.26. The van der Waals surface area contributed by atoms with Crippen LogP contribution in [0, 0.1) is 11.8 Å². The summed E-state index contributed by atoms with van der Waals surface area (Å²) in [6.07, 6.45) is 4.74. The van der Waals surface area contributed by atoms with E-state index >= 15 is 0 Å². The molecule has 6 rings (SSSR count). The molecule has 0 aliphatic carbocycles. The van der Waals surface area contributed by atoms with E-state index in [1.54, 1.807) is 37.4 Å². The molecule has 0 spiro atoms. The lowest BCUT2D eigenvalue weighted by molar-refractivity contribution is -0.130. The summed E-state index contributed by atoms with van der Waals surface area (Å²) < 4.78 is 2.25. The van der Waals surface area contributed by atoms with E-state index in [1.165, 1.54) is 6.92 Å². The van der Waals surface area contributed by atoms with Gasteiger partial charge >= 0.3 is 0 Å². The number of nitrogens with zero attached hydrogens (tertiary/aromatic N) is 6. The summed E-state index contributed by atoms with van der Waals surface area (Å²) in [5.74, 6) is 6.57. The van der Waals surface area contributed by atoms with E-state index in [4.69, 9.17) is 9.97 Å². The molecule has 0 unspecified atom stereocenters. The predicted molar refractivity (Wildman–Crippen MR) is 175 cm³/mol.